The molecule has 1 aliphatic heterocycles. The molecule has 2 N–H and O–H groups in total. The first kappa shape index (κ1) is 26.8. The normalized spacial score (nSPS) is 15.6. The number of ether oxygens (including phenoxy) is 2. The molecular formula is C30H26N2O8. The van der Waals surface area contributed by atoms with E-state index in [1.807, 2.05) is 60.7 Å². The summed E-state index contributed by atoms with van der Waals surface area (Å²) in [4.78, 5) is 51.5. The van der Waals surface area contributed by atoms with E-state index in [1.165, 1.54) is 0 Å². The molecule has 0 bridgehead atoms. The second kappa shape index (κ2) is 11.5. The van der Waals surface area contributed by atoms with Gasteiger partial charge in [0, 0.05) is 10.8 Å². The molecule has 10 heteroatoms. The van der Waals surface area contributed by atoms with Crippen LogP contribution in [0.15, 0.2) is 84.9 Å². The summed E-state index contributed by atoms with van der Waals surface area (Å²) in [6, 6.07) is 25.7. The van der Waals surface area contributed by atoms with Crippen LogP contribution in [0.2, 0.25) is 0 Å². The highest BCUT2D eigenvalue weighted by molar-refractivity contribution is 6.54. The van der Waals surface area contributed by atoms with Gasteiger partial charge in [0.15, 0.2) is 0 Å². The number of aliphatic hydroxyl groups is 2. The van der Waals surface area contributed by atoms with Crippen molar-refractivity contribution in [2.24, 2.45) is 0 Å². The van der Waals surface area contributed by atoms with Crippen LogP contribution in [0.5, 0.6) is 11.5 Å². The highest BCUT2D eigenvalue weighted by Gasteiger charge is 2.46. The molecule has 40 heavy (non-hydrogen) atoms. The molecule has 204 valence electrons. The molecule has 2 atom stereocenters. The molecule has 1 fully saturated rings. The minimum absolute atomic E-state index is 0.290. The highest BCUT2D eigenvalue weighted by Crippen LogP contribution is 2.26. The maximum atomic E-state index is 12.7. The average molecular weight is 543 g/mol. The Morgan fingerprint density at radius 2 is 0.875 bits per heavy atom. The zero-order valence-electron chi connectivity index (χ0n) is 21.3. The molecule has 0 unspecified atom stereocenters. The lowest BCUT2D eigenvalue weighted by Crippen LogP contribution is -2.63. The zero-order chi connectivity index (χ0) is 28.2. The summed E-state index contributed by atoms with van der Waals surface area (Å²) < 4.78 is 11.4. The molecule has 0 aromatic heterocycles. The predicted octanol–water partition coefficient (Wildman–Crippen LogP) is 1.90. The topological polar surface area (TPSA) is 134 Å². The highest BCUT2D eigenvalue weighted by atomic mass is 16.5. The summed E-state index contributed by atoms with van der Waals surface area (Å²) in [7, 11) is 0. The lowest BCUT2D eigenvalue weighted by Gasteiger charge is -2.32. The van der Waals surface area contributed by atoms with Crippen LogP contribution < -0.4 is 9.47 Å². The van der Waals surface area contributed by atoms with E-state index in [2.05, 4.69) is 0 Å². The van der Waals surface area contributed by atoms with Gasteiger partial charge in [-0.1, -0.05) is 72.8 Å². The molecule has 4 aromatic rings. The van der Waals surface area contributed by atoms with Crippen LogP contribution in [0.4, 0.5) is 0 Å². The number of hydrogen-bond donors (Lipinski definition) is 2. The van der Waals surface area contributed by atoms with Gasteiger partial charge in [0.05, 0.1) is 13.1 Å². The number of fused-ring (bicyclic) bond motifs is 2. The van der Waals surface area contributed by atoms with Gasteiger partial charge < -0.3 is 19.7 Å². The number of piperazine rings is 1. The third-order valence-corrected chi connectivity index (χ3v) is 6.49. The number of hydrogen-bond acceptors (Lipinski definition) is 8. The Labute approximate surface area is 228 Å². The standard InChI is InChI=1S/C30H26N2O8/c33-21(17-39-25-13-5-9-19-7-1-3-11-23(19)25)15-31-27(35)29(37)32(30(38)28(31)36)16-22(34)18-40-26-14-6-10-20-8-2-4-12-24(20)26/h1-14,21-22,33-34H,15-18H2/t21-,22-/m1/s1. The number of rotatable bonds is 10. The lowest BCUT2D eigenvalue weighted by molar-refractivity contribution is -0.173. The molecular weight excluding hydrogens is 516 g/mol. The van der Waals surface area contributed by atoms with Gasteiger partial charge >= 0.3 is 23.6 Å². The first-order valence-electron chi connectivity index (χ1n) is 12.6. The second-order valence-electron chi connectivity index (χ2n) is 9.33. The van der Waals surface area contributed by atoms with Crippen LogP contribution in [0.3, 0.4) is 0 Å². The molecule has 0 saturated carbocycles. The van der Waals surface area contributed by atoms with Crippen molar-refractivity contribution in [3.05, 3.63) is 84.9 Å². The number of benzene rings is 4. The first-order chi connectivity index (χ1) is 19.3. The Kier molecular flexibility index (Phi) is 7.72. The van der Waals surface area contributed by atoms with Crippen molar-refractivity contribution in [2.75, 3.05) is 26.3 Å². The number of imide groups is 2. The third-order valence-electron chi connectivity index (χ3n) is 6.49. The predicted molar refractivity (Wildman–Crippen MR) is 144 cm³/mol. The van der Waals surface area contributed by atoms with Crippen LogP contribution in [0.1, 0.15) is 0 Å². The molecule has 0 radical (unpaired) electrons. The summed E-state index contributed by atoms with van der Waals surface area (Å²) in [6.45, 7) is -1.80. The average Bonchev–Trinajstić information content (AvgIpc) is 2.98. The minimum Gasteiger partial charge on any atom is -0.490 e. The number of β-amino-alcohol motifs (C(OH)–C–C–N with tert-alkyl or cyclic N) is 2. The summed E-state index contributed by atoms with van der Waals surface area (Å²) in [5.74, 6) is -4.14. The number of aliphatic hydroxyl groups excluding tert-OH is 2. The Bertz CT molecular complexity index is 1450. The fraction of sp³-hybridized carbons (Fsp3) is 0.200. The fourth-order valence-electron chi connectivity index (χ4n) is 4.52. The van der Waals surface area contributed by atoms with E-state index in [4.69, 9.17) is 9.47 Å². The molecule has 10 nitrogen and oxygen atoms in total. The van der Waals surface area contributed by atoms with Crippen LogP contribution in [0.25, 0.3) is 21.5 Å². The SMILES string of the molecule is O=C1C(=O)N(C[C@@H](O)COc2cccc3ccccc23)C(=O)C(=O)N1C[C@@H](O)COc1cccc2ccccc12. The van der Waals surface area contributed by atoms with Crippen molar-refractivity contribution in [1.82, 2.24) is 9.80 Å². The minimum atomic E-state index is -1.36. The van der Waals surface area contributed by atoms with Gasteiger partial charge in [-0.05, 0) is 22.9 Å². The fourth-order valence-corrected chi connectivity index (χ4v) is 4.52. The number of carbonyl (C=O) groups excluding carboxylic acids is 4. The van der Waals surface area contributed by atoms with E-state index < -0.39 is 48.9 Å². The van der Waals surface area contributed by atoms with Gasteiger partial charge in [-0.2, -0.15) is 0 Å². The van der Waals surface area contributed by atoms with E-state index in [-0.39, 0.29) is 13.2 Å². The summed E-state index contributed by atoms with van der Waals surface area (Å²) >= 11 is 0. The Morgan fingerprint density at radius 3 is 1.27 bits per heavy atom. The van der Waals surface area contributed by atoms with Gasteiger partial charge in [-0.3, -0.25) is 29.0 Å². The van der Waals surface area contributed by atoms with Gasteiger partial charge in [0.1, 0.15) is 36.9 Å². The molecule has 1 heterocycles. The zero-order valence-corrected chi connectivity index (χ0v) is 21.3. The van der Waals surface area contributed by atoms with Crippen molar-refractivity contribution < 1.29 is 38.9 Å². The van der Waals surface area contributed by atoms with Gasteiger partial charge in [0.25, 0.3) is 0 Å². The van der Waals surface area contributed by atoms with Crippen molar-refractivity contribution in [3.63, 3.8) is 0 Å². The summed E-state index contributed by atoms with van der Waals surface area (Å²) in [5.41, 5.74) is 0. The Morgan fingerprint density at radius 1 is 0.525 bits per heavy atom. The summed E-state index contributed by atoms with van der Waals surface area (Å²) in [6.07, 6.45) is -2.72. The third kappa shape index (κ3) is 5.49. The Hall–Kier alpha value is -4.80. The van der Waals surface area contributed by atoms with Gasteiger partial charge in [-0.25, -0.2) is 0 Å². The van der Waals surface area contributed by atoms with Gasteiger partial charge in [0.2, 0.25) is 0 Å². The van der Waals surface area contributed by atoms with Crippen LogP contribution in [0, 0.1) is 0 Å². The van der Waals surface area contributed by atoms with Crippen LogP contribution in [-0.2, 0) is 19.2 Å². The van der Waals surface area contributed by atoms with E-state index in [9.17, 15) is 29.4 Å². The first-order valence-corrected chi connectivity index (χ1v) is 12.6. The molecule has 0 aliphatic carbocycles. The maximum absolute atomic E-state index is 12.7. The summed E-state index contributed by atoms with van der Waals surface area (Å²) in [5, 5.41) is 24.4. The second-order valence-corrected chi connectivity index (χ2v) is 9.33. The van der Waals surface area contributed by atoms with Crippen LogP contribution >= 0.6 is 0 Å². The molecule has 0 spiro atoms. The molecule has 4 aromatic carbocycles. The maximum Gasteiger partial charge on any atom is 0.319 e. The van der Waals surface area contributed by atoms with E-state index >= 15 is 0 Å². The molecule has 4 amide bonds. The van der Waals surface area contributed by atoms with E-state index in [1.54, 1.807) is 24.3 Å². The van der Waals surface area contributed by atoms with Crippen LogP contribution in [-0.4, -0.2) is 82.2 Å². The number of carbonyl (C=O) groups is 4. The number of amides is 4. The molecule has 1 saturated heterocycles. The monoisotopic (exact) mass is 542 g/mol. The number of nitrogens with zero attached hydrogens (tertiary/aromatic N) is 2. The largest absolute Gasteiger partial charge is 0.490 e. The lowest BCUT2D eigenvalue weighted by atomic mass is 10.1. The van der Waals surface area contributed by atoms with Gasteiger partial charge in [-0.15, -0.1) is 0 Å². The molecule has 1 aliphatic rings. The molecule has 5 rings (SSSR count). The quantitative estimate of drug-likeness (QED) is 0.229. The Balaban J connectivity index is 1.17. The van der Waals surface area contributed by atoms with Crippen molar-refractivity contribution in [1.29, 1.82) is 0 Å². The van der Waals surface area contributed by atoms with E-state index in [0.29, 0.717) is 21.3 Å². The van der Waals surface area contributed by atoms with E-state index in [0.717, 1.165) is 21.5 Å². The van der Waals surface area contributed by atoms with Crippen molar-refractivity contribution in [3.8, 4) is 11.5 Å². The van der Waals surface area contributed by atoms with Crippen molar-refractivity contribution in [2.45, 2.75) is 12.2 Å². The smallest absolute Gasteiger partial charge is 0.319 e. The van der Waals surface area contributed by atoms with Crippen molar-refractivity contribution >= 4 is 45.2 Å².